The van der Waals surface area contributed by atoms with Crippen molar-refractivity contribution >= 4 is 27.3 Å². The normalized spacial score (nSPS) is 15.5. The Labute approximate surface area is 122 Å². The first-order chi connectivity index (χ1) is 9.77. The second-order valence-electron chi connectivity index (χ2n) is 4.84. The highest BCUT2D eigenvalue weighted by atomic mass is 32.2. The summed E-state index contributed by atoms with van der Waals surface area (Å²) in [6, 6.07) is 3.81. The van der Waals surface area contributed by atoms with Gasteiger partial charge in [0.1, 0.15) is 5.76 Å². The average molecular weight is 309 g/mol. The van der Waals surface area contributed by atoms with Crippen molar-refractivity contribution in [3.05, 3.63) is 35.6 Å². The van der Waals surface area contributed by atoms with Gasteiger partial charge in [0.25, 0.3) is 0 Å². The van der Waals surface area contributed by atoms with E-state index in [4.69, 9.17) is 10.5 Å². The maximum absolute atomic E-state index is 12.0. The van der Waals surface area contributed by atoms with Gasteiger partial charge < -0.3 is 10.5 Å². The van der Waals surface area contributed by atoms with Gasteiger partial charge in [0.05, 0.1) is 10.5 Å². The van der Waals surface area contributed by atoms with Crippen molar-refractivity contribution in [3.8, 4) is 0 Å². The Hall–Kier alpha value is -2.15. The lowest BCUT2D eigenvalue weighted by molar-refractivity contribution is -0.115. The van der Waals surface area contributed by atoms with E-state index in [2.05, 4.69) is 0 Å². The van der Waals surface area contributed by atoms with Crippen molar-refractivity contribution in [2.75, 3.05) is 12.0 Å². The summed E-state index contributed by atoms with van der Waals surface area (Å²) in [5, 5.41) is 0. The molecule has 2 rings (SSSR count). The highest BCUT2D eigenvalue weighted by molar-refractivity contribution is 7.90. The fourth-order valence-electron chi connectivity index (χ4n) is 1.97. The number of nitrogen functional groups attached to an aromatic ring is 1. The Morgan fingerprint density at radius 3 is 2.57 bits per heavy atom. The van der Waals surface area contributed by atoms with Crippen LogP contribution in [0.25, 0.3) is 0 Å². The number of carbonyl (C=O) groups excluding carboxylic acids is 2. The molecule has 1 aromatic rings. The van der Waals surface area contributed by atoms with Crippen molar-refractivity contribution in [1.82, 2.24) is 0 Å². The molecule has 7 heteroatoms. The molecule has 0 saturated heterocycles. The van der Waals surface area contributed by atoms with Crippen LogP contribution in [0, 0.1) is 0 Å². The molecule has 0 aromatic heterocycles. The first-order valence-electron chi connectivity index (χ1n) is 6.32. The van der Waals surface area contributed by atoms with Crippen molar-refractivity contribution in [1.29, 1.82) is 0 Å². The summed E-state index contributed by atoms with van der Waals surface area (Å²) in [4.78, 5) is 23.3. The van der Waals surface area contributed by atoms with Crippen LogP contribution in [-0.4, -0.2) is 26.4 Å². The zero-order chi connectivity index (χ0) is 15.6. The minimum absolute atomic E-state index is 0.0191. The largest absolute Gasteiger partial charge is 0.427 e. The SMILES string of the molecule is CS(=O)(=O)c1ccc(C(=O)OC2=CC(=O)CCC2)c(N)c1. The Morgan fingerprint density at radius 1 is 1.29 bits per heavy atom. The van der Waals surface area contributed by atoms with Gasteiger partial charge in [-0.1, -0.05) is 0 Å². The topological polar surface area (TPSA) is 104 Å². The lowest BCUT2D eigenvalue weighted by atomic mass is 10.1. The fourth-order valence-corrected chi connectivity index (χ4v) is 2.63. The summed E-state index contributed by atoms with van der Waals surface area (Å²) in [5.41, 5.74) is 5.79. The average Bonchev–Trinajstić information content (AvgIpc) is 2.37. The molecule has 0 spiro atoms. The number of ether oxygens (including phenoxy) is 1. The van der Waals surface area contributed by atoms with Gasteiger partial charge in [-0.15, -0.1) is 0 Å². The van der Waals surface area contributed by atoms with Gasteiger partial charge in [0.2, 0.25) is 0 Å². The number of anilines is 1. The van der Waals surface area contributed by atoms with Crippen LogP contribution in [0.5, 0.6) is 0 Å². The number of sulfone groups is 1. The maximum Gasteiger partial charge on any atom is 0.345 e. The number of esters is 1. The van der Waals surface area contributed by atoms with Crippen molar-refractivity contribution in [2.24, 2.45) is 0 Å². The third-order valence-electron chi connectivity index (χ3n) is 3.06. The summed E-state index contributed by atoms with van der Waals surface area (Å²) in [5.74, 6) is -0.471. The zero-order valence-electron chi connectivity index (χ0n) is 11.5. The predicted octanol–water partition coefficient (Wildman–Crippen LogP) is 1.47. The van der Waals surface area contributed by atoms with E-state index in [9.17, 15) is 18.0 Å². The Morgan fingerprint density at radius 2 is 2.00 bits per heavy atom. The Bertz CT molecular complexity index is 734. The molecule has 1 aliphatic carbocycles. The second kappa shape index (κ2) is 5.69. The van der Waals surface area contributed by atoms with E-state index in [-0.39, 0.29) is 21.9 Å². The molecule has 0 saturated carbocycles. The van der Waals surface area contributed by atoms with Gasteiger partial charge in [-0.25, -0.2) is 13.2 Å². The van der Waals surface area contributed by atoms with E-state index in [1.165, 1.54) is 24.3 Å². The van der Waals surface area contributed by atoms with Crippen LogP contribution in [0.1, 0.15) is 29.6 Å². The van der Waals surface area contributed by atoms with E-state index in [0.29, 0.717) is 25.0 Å². The van der Waals surface area contributed by atoms with Crippen LogP contribution in [0.2, 0.25) is 0 Å². The second-order valence-corrected chi connectivity index (χ2v) is 6.86. The van der Waals surface area contributed by atoms with Gasteiger partial charge in [0.15, 0.2) is 15.6 Å². The van der Waals surface area contributed by atoms with Crippen molar-refractivity contribution < 1.29 is 22.7 Å². The van der Waals surface area contributed by atoms with E-state index in [1.54, 1.807) is 0 Å². The maximum atomic E-state index is 12.0. The number of rotatable bonds is 3. The quantitative estimate of drug-likeness (QED) is 0.669. The number of hydrogen-bond acceptors (Lipinski definition) is 6. The fraction of sp³-hybridized carbons (Fsp3) is 0.286. The molecule has 0 unspecified atom stereocenters. The Kier molecular flexibility index (Phi) is 4.13. The van der Waals surface area contributed by atoms with Gasteiger partial charge in [0, 0.05) is 30.9 Å². The first kappa shape index (κ1) is 15.2. The molecule has 1 aromatic carbocycles. The molecule has 0 atom stereocenters. The molecule has 6 nitrogen and oxygen atoms in total. The highest BCUT2D eigenvalue weighted by Gasteiger charge is 2.19. The molecule has 0 fully saturated rings. The van der Waals surface area contributed by atoms with Crippen LogP contribution >= 0.6 is 0 Å². The van der Waals surface area contributed by atoms with Gasteiger partial charge in [-0.2, -0.15) is 0 Å². The minimum Gasteiger partial charge on any atom is -0.427 e. The van der Waals surface area contributed by atoms with E-state index >= 15 is 0 Å². The number of allylic oxidation sites excluding steroid dienone is 2. The Balaban J connectivity index is 2.22. The number of hydrogen-bond donors (Lipinski definition) is 1. The summed E-state index contributed by atoms with van der Waals surface area (Å²) in [6.07, 6.45) is 3.96. The molecule has 0 amide bonds. The molecule has 0 heterocycles. The third-order valence-corrected chi connectivity index (χ3v) is 4.17. The molecule has 112 valence electrons. The standard InChI is InChI=1S/C14H15NO5S/c1-21(18,19)11-5-6-12(13(15)8-11)14(17)20-10-4-2-3-9(16)7-10/h5-8H,2-4,15H2,1H3. The van der Waals surface area contributed by atoms with E-state index in [1.807, 2.05) is 0 Å². The van der Waals surface area contributed by atoms with Crippen molar-refractivity contribution in [2.45, 2.75) is 24.2 Å². The first-order valence-corrected chi connectivity index (χ1v) is 8.21. The van der Waals surface area contributed by atoms with Crippen LogP contribution in [-0.2, 0) is 19.4 Å². The molecule has 0 bridgehead atoms. The van der Waals surface area contributed by atoms with Gasteiger partial charge in [-0.3, -0.25) is 4.79 Å². The lowest BCUT2D eigenvalue weighted by Crippen LogP contribution is -2.12. The summed E-state index contributed by atoms with van der Waals surface area (Å²) >= 11 is 0. The molecule has 0 aliphatic heterocycles. The van der Waals surface area contributed by atoms with Crippen LogP contribution in [0.3, 0.4) is 0 Å². The molecule has 21 heavy (non-hydrogen) atoms. The summed E-state index contributed by atoms with van der Waals surface area (Å²) < 4.78 is 27.9. The smallest absolute Gasteiger partial charge is 0.345 e. The molecule has 0 radical (unpaired) electrons. The van der Waals surface area contributed by atoms with Crippen LogP contribution < -0.4 is 5.73 Å². The highest BCUT2D eigenvalue weighted by Crippen LogP contribution is 2.22. The lowest BCUT2D eigenvalue weighted by Gasteiger charge is -2.13. The minimum atomic E-state index is -3.39. The number of carbonyl (C=O) groups is 2. The van der Waals surface area contributed by atoms with Crippen LogP contribution in [0.4, 0.5) is 5.69 Å². The van der Waals surface area contributed by atoms with E-state index < -0.39 is 15.8 Å². The zero-order valence-corrected chi connectivity index (χ0v) is 12.3. The van der Waals surface area contributed by atoms with Gasteiger partial charge >= 0.3 is 5.97 Å². The number of ketones is 1. The number of nitrogens with two attached hydrogens (primary N) is 1. The summed E-state index contributed by atoms with van der Waals surface area (Å²) in [7, 11) is -3.39. The van der Waals surface area contributed by atoms with Gasteiger partial charge in [-0.05, 0) is 24.6 Å². The van der Waals surface area contributed by atoms with Crippen LogP contribution in [0.15, 0.2) is 34.9 Å². The van der Waals surface area contributed by atoms with E-state index in [0.717, 1.165) is 6.26 Å². The third kappa shape index (κ3) is 3.69. The molecule has 1 aliphatic rings. The predicted molar refractivity (Wildman–Crippen MR) is 76.3 cm³/mol. The van der Waals surface area contributed by atoms with Crippen molar-refractivity contribution in [3.63, 3.8) is 0 Å². The number of benzene rings is 1. The summed E-state index contributed by atoms with van der Waals surface area (Å²) in [6.45, 7) is 0. The molecule has 2 N–H and O–H groups in total. The molecular weight excluding hydrogens is 294 g/mol. The molecular formula is C14H15NO5S. The monoisotopic (exact) mass is 309 g/mol.